The topological polar surface area (TPSA) is 42.8 Å². The number of hydrazone groups is 1. The van der Waals surface area contributed by atoms with Crippen molar-refractivity contribution in [2.24, 2.45) is 5.10 Å². The van der Waals surface area contributed by atoms with Gasteiger partial charge in [0.2, 0.25) is 0 Å². The average molecular weight is 292 g/mol. The third-order valence-corrected chi connectivity index (χ3v) is 5.10. The summed E-state index contributed by atoms with van der Waals surface area (Å²) in [6, 6.07) is 4.06. The molecular formula is C10H17N2O2PS2. The van der Waals surface area contributed by atoms with Gasteiger partial charge in [0, 0.05) is 9.75 Å². The number of nitrogens with zero attached hydrogens (tertiary/aromatic N) is 1. The summed E-state index contributed by atoms with van der Waals surface area (Å²) in [5, 5.41) is 6.91. The van der Waals surface area contributed by atoms with Gasteiger partial charge in [-0.3, -0.25) is 0 Å². The Kier molecular flexibility index (Phi) is 6.30. The molecule has 0 unspecified atom stereocenters. The van der Waals surface area contributed by atoms with Crippen LogP contribution in [0.3, 0.4) is 0 Å². The molecule has 0 bridgehead atoms. The van der Waals surface area contributed by atoms with Gasteiger partial charge >= 0.3 is 6.64 Å². The Morgan fingerprint density at radius 3 is 2.53 bits per heavy atom. The molecule has 0 aliphatic carbocycles. The van der Waals surface area contributed by atoms with Gasteiger partial charge in [0.25, 0.3) is 0 Å². The first-order chi connectivity index (χ1) is 8.09. The fraction of sp³-hybridized carbons (Fsp3) is 0.500. The average Bonchev–Trinajstić information content (AvgIpc) is 2.65. The van der Waals surface area contributed by atoms with Gasteiger partial charge in [-0.1, -0.05) is 0 Å². The van der Waals surface area contributed by atoms with Crippen molar-refractivity contribution < 1.29 is 9.05 Å². The minimum absolute atomic E-state index is 0.512. The van der Waals surface area contributed by atoms with Crippen LogP contribution in [0, 0.1) is 6.92 Å². The van der Waals surface area contributed by atoms with Gasteiger partial charge in [-0.25, -0.2) is 5.20 Å². The third kappa shape index (κ3) is 5.27. The highest BCUT2D eigenvalue weighted by Crippen LogP contribution is 2.43. The first-order valence-electron chi connectivity index (χ1n) is 5.35. The van der Waals surface area contributed by atoms with Crippen LogP contribution in [-0.2, 0) is 20.9 Å². The van der Waals surface area contributed by atoms with Gasteiger partial charge < -0.3 is 9.05 Å². The normalized spacial score (nSPS) is 12.2. The molecule has 0 atom stereocenters. The number of thiophene rings is 1. The van der Waals surface area contributed by atoms with Crippen molar-refractivity contribution in [3.63, 3.8) is 0 Å². The first-order valence-corrected chi connectivity index (χ1v) is 8.81. The smallest absolute Gasteiger partial charge is 0.303 e. The van der Waals surface area contributed by atoms with E-state index in [4.69, 9.17) is 20.9 Å². The highest BCUT2D eigenvalue weighted by Gasteiger charge is 2.15. The van der Waals surface area contributed by atoms with Crippen LogP contribution in [0.15, 0.2) is 17.2 Å². The minimum atomic E-state index is -2.46. The fourth-order valence-corrected chi connectivity index (χ4v) is 3.71. The lowest BCUT2D eigenvalue weighted by Gasteiger charge is -2.19. The molecule has 17 heavy (non-hydrogen) atoms. The van der Waals surface area contributed by atoms with E-state index in [9.17, 15) is 0 Å². The molecule has 0 aromatic carbocycles. The van der Waals surface area contributed by atoms with Crippen molar-refractivity contribution in [2.75, 3.05) is 13.2 Å². The van der Waals surface area contributed by atoms with Crippen LogP contribution in [0.5, 0.6) is 0 Å². The summed E-state index contributed by atoms with van der Waals surface area (Å²) in [7, 11) is 0. The number of rotatable bonds is 7. The van der Waals surface area contributed by atoms with Crippen molar-refractivity contribution in [1.82, 2.24) is 5.20 Å². The summed E-state index contributed by atoms with van der Waals surface area (Å²) in [5.41, 5.74) is 0. The second-order valence-corrected chi connectivity index (χ2v) is 7.61. The fourth-order valence-electron chi connectivity index (χ4n) is 1.12. The highest BCUT2D eigenvalue weighted by molar-refractivity contribution is 8.08. The predicted octanol–water partition coefficient (Wildman–Crippen LogP) is 3.28. The van der Waals surface area contributed by atoms with E-state index in [2.05, 4.69) is 17.2 Å². The lowest BCUT2D eigenvalue weighted by atomic mass is 10.4. The van der Waals surface area contributed by atoms with Crippen LogP contribution in [0.1, 0.15) is 23.6 Å². The molecule has 96 valence electrons. The lowest BCUT2D eigenvalue weighted by Crippen LogP contribution is -2.09. The van der Waals surface area contributed by atoms with E-state index in [1.54, 1.807) is 17.6 Å². The van der Waals surface area contributed by atoms with Crippen LogP contribution in [0.25, 0.3) is 0 Å². The van der Waals surface area contributed by atoms with E-state index in [0.717, 1.165) is 4.88 Å². The van der Waals surface area contributed by atoms with Crippen LogP contribution < -0.4 is 5.20 Å². The molecule has 1 aromatic rings. The maximum absolute atomic E-state index is 5.40. The van der Waals surface area contributed by atoms with Crippen LogP contribution in [-0.4, -0.2) is 19.4 Å². The van der Waals surface area contributed by atoms with Crippen LogP contribution in [0.4, 0.5) is 0 Å². The zero-order chi connectivity index (χ0) is 12.7. The van der Waals surface area contributed by atoms with Crippen molar-refractivity contribution in [3.05, 3.63) is 21.9 Å². The van der Waals surface area contributed by atoms with E-state index in [0.29, 0.717) is 13.2 Å². The molecule has 1 aromatic heterocycles. The van der Waals surface area contributed by atoms with Gasteiger partial charge in [0.1, 0.15) is 0 Å². The maximum atomic E-state index is 5.40. The summed E-state index contributed by atoms with van der Waals surface area (Å²) < 4.78 is 10.8. The van der Waals surface area contributed by atoms with E-state index < -0.39 is 6.64 Å². The molecule has 1 rings (SSSR count). The van der Waals surface area contributed by atoms with Gasteiger partial charge in [-0.05, 0) is 44.7 Å². The Labute approximate surface area is 111 Å². The summed E-state index contributed by atoms with van der Waals surface area (Å²) >= 11 is 6.94. The van der Waals surface area contributed by atoms with Crippen LogP contribution >= 0.6 is 18.0 Å². The van der Waals surface area contributed by atoms with Crippen molar-refractivity contribution >= 4 is 36.0 Å². The quantitative estimate of drug-likeness (QED) is 0.476. The lowest BCUT2D eigenvalue weighted by molar-refractivity contribution is 0.259. The van der Waals surface area contributed by atoms with Crippen LogP contribution in [0.2, 0.25) is 0 Å². The second-order valence-electron chi connectivity index (χ2n) is 3.14. The molecule has 1 heterocycles. The molecule has 1 N–H and O–H groups in total. The van der Waals surface area contributed by atoms with E-state index in [-0.39, 0.29) is 0 Å². The largest absolute Gasteiger partial charge is 0.313 e. The molecule has 0 aliphatic rings. The van der Waals surface area contributed by atoms with Gasteiger partial charge in [0.15, 0.2) is 0 Å². The zero-order valence-corrected chi connectivity index (χ0v) is 12.7. The molecule has 0 amide bonds. The molecular weight excluding hydrogens is 275 g/mol. The van der Waals surface area contributed by atoms with Crippen molar-refractivity contribution in [3.8, 4) is 0 Å². The summed E-state index contributed by atoms with van der Waals surface area (Å²) in [4.78, 5) is 2.32. The Morgan fingerprint density at radius 2 is 2.06 bits per heavy atom. The summed E-state index contributed by atoms with van der Waals surface area (Å²) in [6.07, 6.45) is 1.73. The predicted molar refractivity (Wildman–Crippen MR) is 77.3 cm³/mol. The third-order valence-electron chi connectivity index (χ3n) is 1.73. The number of nitrogens with one attached hydrogen (secondary N) is 1. The maximum Gasteiger partial charge on any atom is 0.303 e. The number of hydrogen-bond acceptors (Lipinski definition) is 5. The Morgan fingerprint density at radius 1 is 1.41 bits per heavy atom. The van der Waals surface area contributed by atoms with E-state index >= 15 is 0 Å². The number of hydrogen-bond donors (Lipinski definition) is 1. The number of aryl methyl sites for hydroxylation is 1. The van der Waals surface area contributed by atoms with Crippen molar-refractivity contribution in [2.45, 2.75) is 20.8 Å². The standard InChI is InChI=1S/C10H17N2O2PS2/c1-4-13-15(16,14-5-2)12-11-8-10-7-6-9(3)17-10/h6-8H,4-5H2,1-3H3,(H,12,16)/b11-8+. The minimum Gasteiger partial charge on any atom is -0.313 e. The molecule has 0 fully saturated rings. The molecule has 0 spiro atoms. The van der Waals surface area contributed by atoms with Gasteiger partial charge in [-0.15, -0.1) is 11.3 Å². The second kappa shape index (κ2) is 7.24. The Bertz CT molecular complexity index is 410. The molecule has 0 saturated carbocycles. The first kappa shape index (κ1) is 14.8. The summed E-state index contributed by atoms with van der Waals surface area (Å²) in [5.74, 6) is 0. The van der Waals surface area contributed by atoms with E-state index in [1.165, 1.54) is 4.88 Å². The Balaban J connectivity index is 2.57. The van der Waals surface area contributed by atoms with Gasteiger partial charge in [0.05, 0.1) is 19.4 Å². The molecule has 7 heteroatoms. The molecule has 0 radical (unpaired) electrons. The Hall–Kier alpha value is -0.260. The van der Waals surface area contributed by atoms with E-state index in [1.807, 2.05) is 26.0 Å². The molecule has 0 aliphatic heterocycles. The highest BCUT2D eigenvalue weighted by atomic mass is 32.5. The van der Waals surface area contributed by atoms with Gasteiger partial charge in [-0.2, -0.15) is 5.10 Å². The zero-order valence-electron chi connectivity index (χ0n) is 10.2. The van der Waals surface area contributed by atoms with Crippen molar-refractivity contribution in [1.29, 1.82) is 0 Å². The monoisotopic (exact) mass is 292 g/mol. The summed E-state index contributed by atoms with van der Waals surface area (Å²) in [6.45, 7) is 4.39. The SMILES string of the molecule is CCOP(=S)(N/N=C/c1ccc(C)s1)OCC. The molecule has 0 saturated heterocycles. The molecule has 4 nitrogen and oxygen atoms in total.